The predicted molar refractivity (Wildman–Crippen MR) is 70.6 cm³/mol. The lowest BCUT2D eigenvalue weighted by Crippen LogP contribution is -2.31. The fourth-order valence-corrected chi connectivity index (χ4v) is 2.22. The van der Waals surface area contributed by atoms with E-state index in [-0.39, 0.29) is 17.7 Å². The number of nitrogens with zero attached hydrogens (tertiary/aromatic N) is 1. The standard InChI is InChI=1S/C13H17N3O3/c1-19-11-5-9(4-10(14)6-11)13(18)16-3-2-8(7-16)12(15)17/h4-6,8H,2-3,7,14H2,1H3,(H2,15,17). The number of likely N-dealkylation sites (tertiary alicyclic amines) is 1. The summed E-state index contributed by atoms with van der Waals surface area (Å²) in [5.74, 6) is -0.240. The Labute approximate surface area is 111 Å². The third-order valence-electron chi connectivity index (χ3n) is 3.29. The molecule has 1 unspecified atom stereocenters. The average Bonchev–Trinajstić information content (AvgIpc) is 2.86. The van der Waals surface area contributed by atoms with E-state index >= 15 is 0 Å². The van der Waals surface area contributed by atoms with Crippen molar-refractivity contribution >= 4 is 17.5 Å². The van der Waals surface area contributed by atoms with Gasteiger partial charge in [-0.15, -0.1) is 0 Å². The SMILES string of the molecule is COc1cc(N)cc(C(=O)N2CCC(C(N)=O)C2)c1. The van der Waals surface area contributed by atoms with Gasteiger partial charge in [-0.2, -0.15) is 0 Å². The number of rotatable bonds is 3. The minimum absolute atomic E-state index is 0.158. The van der Waals surface area contributed by atoms with Crippen LogP contribution in [0.2, 0.25) is 0 Å². The van der Waals surface area contributed by atoms with Crippen LogP contribution in [-0.4, -0.2) is 36.9 Å². The Morgan fingerprint density at radius 1 is 1.37 bits per heavy atom. The molecule has 2 rings (SSSR count). The van der Waals surface area contributed by atoms with Gasteiger partial charge in [0.2, 0.25) is 5.91 Å². The van der Waals surface area contributed by atoms with E-state index in [4.69, 9.17) is 16.2 Å². The molecule has 0 aromatic heterocycles. The van der Waals surface area contributed by atoms with Crippen LogP contribution in [0.5, 0.6) is 5.75 Å². The molecular weight excluding hydrogens is 246 g/mol. The number of benzene rings is 1. The zero-order chi connectivity index (χ0) is 14.0. The predicted octanol–water partition coefficient (Wildman–Crippen LogP) is 0.225. The minimum atomic E-state index is -0.361. The summed E-state index contributed by atoms with van der Waals surface area (Å²) in [5.41, 5.74) is 11.9. The molecule has 19 heavy (non-hydrogen) atoms. The lowest BCUT2D eigenvalue weighted by molar-refractivity contribution is -0.121. The van der Waals surface area contributed by atoms with Crippen LogP contribution in [-0.2, 0) is 4.79 Å². The maximum absolute atomic E-state index is 12.3. The summed E-state index contributed by atoms with van der Waals surface area (Å²) >= 11 is 0. The second-order valence-electron chi connectivity index (χ2n) is 4.63. The van der Waals surface area contributed by atoms with Crippen LogP contribution in [0.3, 0.4) is 0 Å². The van der Waals surface area contributed by atoms with E-state index in [1.165, 1.54) is 7.11 Å². The van der Waals surface area contributed by atoms with Gasteiger partial charge in [-0.25, -0.2) is 0 Å². The van der Waals surface area contributed by atoms with E-state index in [1.807, 2.05) is 0 Å². The second kappa shape index (κ2) is 5.17. The lowest BCUT2D eigenvalue weighted by Gasteiger charge is -2.16. The van der Waals surface area contributed by atoms with Gasteiger partial charge in [0.1, 0.15) is 5.75 Å². The molecule has 4 N–H and O–H groups in total. The Morgan fingerprint density at radius 3 is 2.68 bits per heavy atom. The number of nitrogen functional groups attached to an aromatic ring is 1. The fraction of sp³-hybridized carbons (Fsp3) is 0.385. The quantitative estimate of drug-likeness (QED) is 0.762. The number of hydrogen-bond donors (Lipinski definition) is 2. The van der Waals surface area contributed by atoms with Crippen LogP contribution >= 0.6 is 0 Å². The van der Waals surface area contributed by atoms with Crippen LogP contribution < -0.4 is 16.2 Å². The Balaban J connectivity index is 2.16. The van der Waals surface area contributed by atoms with Crippen molar-refractivity contribution in [3.05, 3.63) is 23.8 Å². The summed E-state index contributed by atoms with van der Waals surface area (Å²) in [6.45, 7) is 0.898. The molecular formula is C13H17N3O3. The van der Waals surface area contributed by atoms with Gasteiger partial charge in [-0.3, -0.25) is 9.59 Å². The summed E-state index contributed by atoms with van der Waals surface area (Å²) < 4.78 is 5.08. The Bertz CT molecular complexity index is 516. The largest absolute Gasteiger partial charge is 0.497 e. The van der Waals surface area contributed by atoms with Gasteiger partial charge in [0.05, 0.1) is 13.0 Å². The number of ether oxygens (including phenoxy) is 1. The molecule has 1 saturated heterocycles. The summed E-state index contributed by atoms with van der Waals surface area (Å²) in [5, 5.41) is 0. The molecule has 1 atom stereocenters. The first-order chi connectivity index (χ1) is 9.01. The number of nitrogens with two attached hydrogens (primary N) is 2. The first-order valence-electron chi connectivity index (χ1n) is 6.04. The molecule has 6 nitrogen and oxygen atoms in total. The molecule has 1 aliphatic rings. The molecule has 1 aromatic carbocycles. The molecule has 1 fully saturated rings. The van der Waals surface area contributed by atoms with Crippen LogP contribution in [0.4, 0.5) is 5.69 Å². The van der Waals surface area contributed by atoms with Crippen molar-refractivity contribution in [2.24, 2.45) is 11.7 Å². The van der Waals surface area contributed by atoms with Crippen LogP contribution in [0.25, 0.3) is 0 Å². The van der Waals surface area contributed by atoms with Gasteiger partial charge in [-0.05, 0) is 18.6 Å². The van der Waals surface area contributed by atoms with Gasteiger partial charge in [0.25, 0.3) is 5.91 Å². The molecule has 102 valence electrons. The number of carbonyl (C=O) groups excluding carboxylic acids is 2. The molecule has 0 saturated carbocycles. The van der Waals surface area contributed by atoms with E-state index in [2.05, 4.69) is 0 Å². The van der Waals surface area contributed by atoms with Crippen molar-refractivity contribution in [3.63, 3.8) is 0 Å². The van der Waals surface area contributed by atoms with E-state index in [0.717, 1.165) is 0 Å². The molecule has 0 radical (unpaired) electrons. The molecule has 0 aliphatic carbocycles. The van der Waals surface area contributed by atoms with Crippen molar-refractivity contribution in [3.8, 4) is 5.75 Å². The van der Waals surface area contributed by atoms with Crippen LogP contribution in [0.1, 0.15) is 16.8 Å². The zero-order valence-corrected chi connectivity index (χ0v) is 10.8. The molecule has 0 bridgehead atoms. The highest BCUT2D eigenvalue weighted by molar-refractivity contribution is 5.96. The number of hydrogen-bond acceptors (Lipinski definition) is 4. The maximum Gasteiger partial charge on any atom is 0.254 e. The molecule has 6 heteroatoms. The van der Waals surface area contributed by atoms with E-state index in [9.17, 15) is 9.59 Å². The highest BCUT2D eigenvalue weighted by Gasteiger charge is 2.30. The number of primary amides is 1. The number of methoxy groups -OCH3 is 1. The van der Waals surface area contributed by atoms with Crippen molar-refractivity contribution in [2.45, 2.75) is 6.42 Å². The molecule has 1 aliphatic heterocycles. The van der Waals surface area contributed by atoms with Gasteiger partial charge in [0, 0.05) is 30.4 Å². The number of carbonyl (C=O) groups is 2. The Kier molecular flexibility index (Phi) is 3.59. The van der Waals surface area contributed by atoms with Gasteiger partial charge in [0.15, 0.2) is 0 Å². The molecule has 1 heterocycles. The van der Waals surface area contributed by atoms with Crippen molar-refractivity contribution < 1.29 is 14.3 Å². The number of amides is 2. The van der Waals surface area contributed by atoms with Crippen molar-refractivity contribution in [1.29, 1.82) is 0 Å². The van der Waals surface area contributed by atoms with E-state index < -0.39 is 0 Å². The zero-order valence-electron chi connectivity index (χ0n) is 10.8. The first-order valence-corrected chi connectivity index (χ1v) is 6.04. The number of anilines is 1. The van der Waals surface area contributed by atoms with Gasteiger partial charge < -0.3 is 21.1 Å². The topological polar surface area (TPSA) is 98.7 Å². The third kappa shape index (κ3) is 2.78. The normalized spacial score (nSPS) is 18.4. The molecule has 2 amide bonds. The highest BCUT2D eigenvalue weighted by Crippen LogP contribution is 2.23. The van der Waals surface area contributed by atoms with Crippen LogP contribution in [0, 0.1) is 5.92 Å². The fourth-order valence-electron chi connectivity index (χ4n) is 2.22. The minimum Gasteiger partial charge on any atom is -0.497 e. The first kappa shape index (κ1) is 13.2. The molecule has 1 aromatic rings. The van der Waals surface area contributed by atoms with Crippen LogP contribution in [0.15, 0.2) is 18.2 Å². The van der Waals surface area contributed by atoms with E-state index in [1.54, 1.807) is 23.1 Å². The molecule has 0 spiro atoms. The average molecular weight is 263 g/mol. The second-order valence-corrected chi connectivity index (χ2v) is 4.63. The monoisotopic (exact) mass is 263 g/mol. The summed E-state index contributed by atoms with van der Waals surface area (Å²) in [6, 6.07) is 4.88. The van der Waals surface area contributed by atoms with Gasteiger partial charge in [-0.1, -0.05) is 0 Å². The summed E-state index contributed by atoms with van der Waals surface area (Å²) in [7, 11) is 1.52. The highest BCUT2D eigenvalue weighted by atomic mass is 16.5. The van der Waals surface area contributed by atoms with E-state index in [0.29, 0.717) is 36.5 Å². The lowest BCUT2D eigenvalue weighted by atomic mass is 10.1. The summed E-state index contributed by atoms with van der Waals surface area (Å²) in [6.07, 6.45) is 0.612. The maximum atomic E-state index is 12.3. The van der Waals surface area contributed by atoms with Gasteiger partial charge >= 0.3 is 0 Å². The van der Waals surface area contributed by atoms with Crippen molar-refractivity contribution in [1.82, 2.24) is 4.90 Å². The van der Waals surface area contributed by atoms with Crippen molar-refractivity contribution in [2.75, 3.05) is 25.9 Å². The Hall–Kier alpha value is -2.24. The smallest absolute Gasteiger partial charge is 0.254 e. The summed E-state index contributed by atoms with van der Waals surface area (Å²) in [4.78, 5) is 25.0. The third-order valence-corrected chi connectivity index (χ3v) is 3.29. The Morgan fingerprint density at radius 2 is 2.11 bits per heavy atom.